The molecule has 82 valence electrons. The molecule has 0 heterocycles. The van der Waals surface area contributed by atoms with E-state index in [9.17, 15) is 19.8 Å². The topological polar surface area (TPSA) is 124 Å². The standard InChI is InChI=1S/C7H13NO6.2Na/c9-4-5(10)1-8(2-6(11)12)3-7(13)14;;/h5,9-10H,1-4H2,(H,11,12)(H,13,14);;/q;2*+1/p-2. The number of aliphatic hydroxyl groups is 2. The van der Waals surface area contributed by atoms with E-state index in [1.54, 1.807) is 0 Å². The molecule has 0 aromatic carbocycles. The van der Waals surface area contributed by atoms with Gasteiger partial charge in [0.05, 0.1) is 24.6 Å². The van der Waals surface area contributed by atoms with Crippen molar-refractivity contribution in [3.05, 3.63) is 0 Å². The molecule has 0 aliphatic heterocycles. The maximum atomic E-state index is 10.2. The molecule has 0 rings (SSSR count). The number of aliphatic hydroxyl groups excluding tert-OH is 2. The van der Waals surface area contributed by atoms with E-state index in [0.29, 0.717) is 0 Å². The monoisotopic (exact) mass is 251 g/mol. The minimum atomic E-state index is -1.46. The molecule has 16 heavy (non-hydrogen) atoms. The van der Waals surface area contributed by atoms with Gasteiger partial charge >= 0.3 is 59.1 Å². The predicted octanol–water partition coefficient (Wildman–Crippen LogP) is -10.9. The van der Waals surface area contributed by atoms with Crippen molar-refractivity contribution in [1.82, 2.24) is 4.90 Å². The Morgan fingerprint density at radius 2 is 1.50 bits per heavy atom. The van der Waals surface area contributed by atoms with E-state index in [1.807, 2.05) is 0 Å². The van der Waals surface area contributed by atoms with Crippen LogP contribution in [0.4, 0.5) is 0 Å². The minimum absolute atomic E-state index is 0. The molecule has 2 N–H and O–H groups in total. The Balaban J connectivity index is -0.000000845. The molecule has 9 heteroatoms. The Kier molecular flexibility index (Phi) is 16.9. The quantitative estimate of drug-likeness (QED) is 0.430. The summed E-state index contributed by atoms with van der Waals surface area (Å²) in [4.78, 5) is 21.2. The summed E-state index contributed by atoms with van der Waals surface area (Å²) in [5, 5.41) is 37.7. The van der Waals surface area contributed by atoms with Crippen LogP contribution in [0, 0.1) is 0 Å². The van der Waals surface area contributed by atoms with Crippen LogP contribution in [-0.2, 0) is 9.59 Å². The largest absolute Gasteiger partial charge is 1.00 e. The number of rotatable bonds is 7. The number of hydrogen-bond donors (Lipinski definition) is 2. The van der Waals surface area contributed by atoms with Crippen molar-refractivity contribution in [2.24, 2.45) is 0 Å². The molecule has 0 aliphatic rings. The van der Waals surface area contributed by atoms with Crippen molar-refractivity contribution in [2.75, 3.05) is 26.2 Å². The Labute approximate surface area is 137 Å². The van der Waals surface area contributed by atoms with Crippen molar-refractivity contribution < 1.29 is 89.1 Å². The summed E-state index contributed by atoms with van der Waals surface area (Å²) in [6, 6.07) is 0. The number of nitrogens with zero attached hydrogens (tertiary/aromatic N) is 1. The Bertz CT molecular complexity index is 199. The second kappa shape index (κ2) is 12.3. The zero-order valence-corrected chi connectivity index (χ0v) is 13.4. The van der Waals surface area contributed by atoms with Gasteiger partial charge in [-0.05, 0) is 0 Å². The van der Waals surface area contributed by atoms with Gasteiger partial charge in [0, 0.05) is 19.6 Å². The normalized spacial score (nSPS) is 11.2. The molecule has 7 nitrogen and oxygen atoms in total. The molecule has 0 fully saturated rings. The molecule has 1 unspecified atom stereocenters. The van der Waals surface area contributed by atoms with Gasteiger partial charge in [-0.3, -0.25) is 4.90 Å². The fraction of sp³-hybridized carbons (Fsp3) is 0.714. The van der Waals surface area contributed by atoms with E-state index in [-0.39, 0.29) is 65.7 Å². The van der Waals surface area contributed by atoms with Crippen LogP contribution in [0.25, 0.3) is 0 Å². The number of carbonyl (C=O) groups is 2. The van der Waals surface area contributed by atoms with E-state index in [1.165, 1.54) is 0 Å². The van der Waals surface area contributed by atoms with Crippen LogP contribution in [-0.4, -0.2) is 59.4 Å². The van der Waals surface area contributed by atoms with Gasteiger partial charge in [0.2, 0.25) is 0 Å². The molecule has 0 spiro atoms. The van der Waals surface area contributed by atoms with Gasteiger partial charge in [-0.15, -0.1) is 0 Å². The van der Waals surface area contributed by atoms with Crippen LogP contribution in [0.2, 0.25) is 0 Å². The summed E-state index contributed by atoms with van der Waals surface area (Å²) in [5.41, 5.74) is 0. The first-order chi connectivity index (χ1) is 6.45. The van der Waals surface area contributed by atoms with Crippen LogP contribution < -0.4 is 69.3 Å². The van der Waals surface area contributed by atoms with Crippen LogP contribution in [0.15, 0.2) is 0 Å². The maximum Gasteiger partial charge on any atom is 1.00 e. The molecule has 0 amide bonds. The Morgan fingerprint density at radius 1 is 1.12 bits per heavy atom. The molecule has 0 aromatic heterocycles. The molecule has 0 radical (unpaired) electrons. The SMILES string of the molecule is O=C([O-])CN(CC(=O)[O-])CC(O)CO.[Na+].[Na+]. The van der Waals surface area contributed by atoms with Crippen LogP contribution >= 0.6 is 0 Å². The fourth-order valence-electron chi connectivity index (χ4n) is 0.906. The van der Waals surface area contributed by atoms with Crippen LogP contribution in [0.3, 0.4) is 0 Å². The molecule has 0 bridgehead atoms. The Hall–Kier alpha value is 0.820. The molecule has 0 aromatic rings. The second-order valence-electron chi connectivity index (χ2n) is 2.75. The van der Waals surface area contributed by atoms with E-state index >= 15 is 0 Å². The number of carbonyl (C=O) groups excluding carboxylic acids is 2. The Morgan fingerprint density at radius 3 is 1.75 bits per heavy atom. The van der Waals surface area contributed by atoms with E-state index in [2.05, 4.69) is 0 Å². The van der Waals surface area contributed by atoms with Gasteiger partial charge in [-0.1, -0.05) is 0 Å². The van der Waals surface area contributed by atoms with Gasteiger partial charge in [-0.25, -0.2) is 0 Å². The maximum absolute atomic E-state index is 10.2. The zero-order chi connectivity index (χ0) is 11.1. The second-order valence-corrected chi connectivity index (χ2v) is 2.75. The van der Waals surface area contributed by atoms with Crippen LogP contribution in [0.5, 0.6) is 0 Å². The number of carboxylic acid groups (broad SMARTS) is 2. The predicted molar refractivity (Wildman–Crippen MR) is 39.5 cm³/mol. The number of aliphatic carboxylic acids is 2. The van der Waals surface area contributed by atoms with Gasteiger partial charge in [0.15, 0.2) is 0 Å². The first kappa shape index (κ1) is 22.0. The van der Waals surface area contributed by atoms with Crippen LogP contribution in [0.1, 0.15) is 0 Å². The molecule has 0 aliphatic carbocycles. The van der Waals surface area contributed by atoms with E-state index < -0.39 is 37.7 Å². The number of hydrogen-bond acceptors (Lipinski definition) is 7. The van der Waals surface area contributed by atoms with Crippen molar-refractivity contribution in [3.63, 3.8) is 0 Å². The average molecular weight is 251 g/mol. The van der Waals surface area contributed by atoms with Crippen molar-refractivity contribution >= 4 is 11.9 Å². The van der Waals surface area contributed by atoms with Crippen molar-refractivity contribution in [1.29, 1.82) is 0 Å². The first-order valence-electron chi connectivity index (χ1n) is 3.86. The van der Waals surface area contributed by atoms with E-state index in [0.717, 1.165) is 4.90 Å². The van der Waals surface area contributed by atoms with Crippen molar-refractivity contribution in [3.8, 4) is 0 Å². The van der Waals surface area contributed by atoms with Gasteiger partial charge in [0.1, 0.15) is 0 Å². The summed E-state index contributed by atoms with van der Waals surface area (Å²) in [5.74, 6) is -2.92. The average Bonchev–Trinajstić information content (AvgIpc) is 2.01. The third-order valence-electron chi connectivity index (χ3n) is 1.39. The minimum Gasteiger partial charge on any atom is -0.549 e. The fourth-order valence-corrected chi connectivity index (χ4v) is 0.906. The van der Waals surface area contributed by atoms with Crippen molar-refractivity contribution in [2.45, 2.75) is 6.10 Å². The summed E-state index contributed by atoms with van der Waals surface area (Å²) >= 11 is 0. The molecular weight excluding hydrogens is 240 g/mol. The third kappa shape index (κ3) is 12.9. The molecule has 1 atom stereocenters. The molecular formula is C7H11NNa2O6. The van der Waals surface area contributed by atoms with Gasteiger partial charge in [0.25, 0.3) is 0 Å². The zero-order valence-electron chi connectivity index (χ0n) is 9.38. The molecule has 0 saturated carbocycles. The molecule has 0 saturated heterocycles. The summed E-state index contributed by atoms with van der Waals surface area (Å²) in [7, 11) is 0. The summed E-state index contributed by atoms with van der Waals surface area (Å²) in [6.07, 6.45) is -1.19. The van der Waals surface area contributed by atoms with E-state index in [4.69, 9.17) is 10.2 Å². The smallest absolute Gasteiger partial charge is 0.549 e. The first-order valence-corrected chi connectivity index (χ1v) is 3.86. The summed E-state index contributed by atoms with van der Waals surface area (Å²) in [6.45, 7) is -2.11. The number of carboxylic acids is 2. The van der Waals surface area contributed by atoms with Gasteiger partial charge < -0.3 is 30.0 Å². The van der Waals surface area contributed by atoms with Gasteiger partial charge in [-0.2, -0.15) is 0 Å². The third-order valence-corrected chi connectivity index (χ3v) is 1.39. The summed E-state index contributed by atoms with van der Waals surface area (Å²) < 4.78 is 0.